The Labute approximate surface area is 133 Å². The summed E-state index contributed by atoms with van der Waals surface area (Å²) in [6.07, 6.45) is 1.69. The van der Waals surface area contributed by atoms with Crippen molar-refractivity contribution in [2.24, 2.45) is 0 Å². The van der Waals surface area contributed by atoms with E-state index >= 15 is 0 Å². The third-order valence-electron chi connectivity index (χ3n) is 3.32. The molecule has 0 amide bonds. The minimum atomic E-state index is -1.26. The Morgan fingerprint density at radius 2 is 1.86 bits per heavy atom. The van der Waals surface area contributed by atoms with Crippen LogP contribution in [-0.2, 0) is 16.6 Å². The zero-order chi connectivity index (χ0) is 16.3. The van der Waals surface area contributed by atoms with Gasteiger partial charge in [0.1, 0.15) is 11.5 Å². The first kappa shape index (κ1) is 16.5. The molecule has 1 aromatic carbocycles. The van der Waals surface area contributed by atoms with Crippen molar-refractivity contribution in [3.63, 3.8) is 0 Å². The molecule has 0 aliphatic heterocycles. The maximum absolute atomic E-state index is 12.6. The van der Waals surface area contributed by atoms with Gasteiger partial charge in [0.15, 0.2) is 11.5 Å². The number of aryl methyl sites for hydroxylation is 1. The maximum atomic E-state index is 12.6. The molecule has 22 heavy (non-hydrogen) atoms. The van der Waals surface area contributed by atoms with Gasteiger partial charge in [-0.1, -0.05) is 13.8 Å². The predicted molar refractivity (Wildman–Crippen MR) is 85.0 cm³/mol. The summed E-state index contributed by atoms with van der Waals surface area (Å²) < 4.78 is 28.7. The molecule has 0 aliphatic rings. The fraction of sp³-hybridized carbons (Fsp3) is 0.438. The molecule has 1 aromatic heterocycles. The molecule has 2 rings (SSSR count). The van der Waals surface area contributed by atoms with E-state index < -0.39 is 10.8 Å². The van der Waals surface area contributed by atoms with Gasteiger partial charge >= 0.3 is 0 Å². The van der Waals surface area contributed by atoms with Crippen LogP contribution in [0.4, 0.5) is 0 Å². The number of oxazole rings is 1. The lowest BCUT2D eigenvalue weighted by atomic mass is 10.2. The van der Waals surface area contributed by atoms with Crippen LogP contribution < -0.4 is 9.47 Å². The van der Waals surface area contributed by atoms with Gasteiger partial charge in [-0.15, -0.1) is 0 Å². The minimum Gasteiger partial charge on any atom is -0.493 e. The van der Waals surface area contributed by atoms with Crippen LogP contribution in [0, 0.1) is 6.92 Å². The number of aromatic nitrogens is 1. The van der Waals surface area contributed by atoms with Gasteiger partial charge in [-0.25, -0.2) is 4.98 Å². The quantitative estimate of drug-likeness (QED) is 0.815. The number of rotatable bonds is 6. The van der Waals surface area contributed by atoms with Gasteiger partial charge < -0.3 is 13.9 Å². The second kappa shape index (κ2) is 6.96. The van der Waals surface area contributed by atoms with Crippen molar-refractivity contribution < 1.29 is 18.1 Å². The summed E-state index contributed by atoms with van der Waals surface area (Å²) in [5.74, 6) is 2.97. The average molecular weight is 323 g/mol. The molecule has 5 nitrogen and oxygen atoms in total. The highest BCUT2D eigenvalue weighted by Crippen LogP contribution is 2.32. The molecule has 2 aromatic rings. The molecule has 0 fully saturated rings. The zero-order valence-corrected chi connectivity index (χ0v) is 14.3. The van der Waals surface area contributed by atoms with Crippen molar-refractivity contribution in [2.75, 3.05) is 14.2 Å². The van der Waals surface area contributed by atoms with E-state index in [9.17, 15) is 4.21 Å². The van der Waals surface area contributed by atoms with Gasteiger partial charge in [-0.2, -0.15) is 0 Å². The highest BCUT2D eigenvalue weighted by atomic mass is 32.2. The number of hydrogen-bond donors (Lipinski definition) is 0. The lowest BCUT2D eigenvalue weighted by molar-refractivity contribution is 0.353. The topological polar surface area (TPSA) is 61.6 Å². The third-order valence-corrected chi connectivity index (χ3v) is 4.76. The number of methoxy groups -OCH3 is 2. The lowest BCUT2D eigenvalue weighted by Gasteiger charge is -2.12. The first-order chi connectivity index (χ1) is 10.5. The van der Waals surface area contributed by atoms with Crippen molar-refractivity contribution in [3.8, 4) is 11.5 Å². The van der Waals surface area contributed by atoms with Crippen molar-refractivity contribution in [1.82, 2.24) is 4.98 Å². The SMILES string of the molecule is COc1cc(C)c([S@](=O)Cc2ncc(C(C)C)o2)cc1OC. The van der Waals surface area contributed by atoms with Gasteiger partial charge in [0.05, 0.1) is 31.2 Å². The Kier molecular flexibility index (Phi) is 5.24. The Hall–Kier alpha value is -1.82. The second-order valence-electron chi connectivity index (χ2n) is 5.27. The molecule has 0 saturated heterocycles. The van der Waals surface area contributed by atoms with Crippen molar-refractivity contribution in [3.05, 3.63) is 35.5 Å². The predicted octanol–water partition coefficient (Wildman–Crippen LogP) is 3.43. The summed E-state index contributed by atoms with van der Waals surface area (Å²) >= 11 is 0. The van der Waals surface area contributed by atoms with E-state index in [0.29, 0.717) is 22.3 Å². The molecule has 1 heterocycles. The van der Waals surface area contributed by atoms with E-state index in [2.05, 4.69) is 4.98 Å². The fourth-order valence-electron chi connectivity index (χ4n) is 2.06. The van der Waals surface area contributed by atoms with Crippen LogP contribution in [0.1, 0.15) is 37.0 Å². The molecular weight excluding hydrogens is 302 g/mol. The first-order valence-corrected chi connectivity index (χ1v) is 8.33. The number of benzene rings is 1. The Morgan fingerprint density at radius 3 is 2.41 bits per heavy atom. The van der Waals surface area contributed by atoms with Crippen LogP contribution in [0.2, 0.25) is 0 Å². The molecule has 0 saturated carbocycles. The number of ether oxygens (including phenoxy) is 2. The molecule has 1 atom stereocenters. The van der Waals surface area contributed by atoms with Crippen molar-refractivity contribution in [2.45, 2.75) is 37.3 Å². The summed E-state index contributed by atoms with van der Waals surface area (Å²) in [6, 6.07) is 3.57. The molecule has 0 radical (unpaired) electrons. The molecule has 0 N–H and O–H groups in total. The standard InChI is InChI=1S/C16H21NO4S/c1-10(2)14-8-17-16(21-14)9-22(18)15-7-13(20-5)12(19-4)6-11(15)3/h6-8,10H,9H2,1-5H3/t22-/m1/s1. The smallest absolute Gasteiger partial charge is 0.207 e. The lowest BCUT2D eigenvalue weighted by Crippen LogP contribution is -2.01. The zero-order valence-electron chi connectivity index (χ0n) is 13.5. The van der Waals surface area contributed by atoms with Crippen LogP contribution in [0.3, 0.4) is 0 Å². The monoisotopic (exact) mass is 323 g/mol. The van der Waals surface area contributed by atoms with Gasteiger partial charge in [0.2, 0.25) is 5.89 Å². The first-order valence-electron chi connectivity index (χ1n) is 7.01. The van der Waals surface area contributed by atoms with Gasteiger partial charge in [-0.3, -0.25) is 4.21 Å². The van der Waals surface area contributed by atoms with E-state index in [1.54, 1.807) is 26.5 Å². The summed E-state index contributed by atoms with van der Waals surface area (Å²) in [6.45, 7) is 5.95. The van der Waals surface area contributed by atoms with E-state index in [4.69, 9.17) is 13.9 Å². The second-order valence-corrected chi connectivity index (χ2v) is 6.69. The molecule has 120 valence electrons. The molecule has 0 unspecified atom stereocenters. The Morgan fingerprint density at radius 1 is 1.23 bits per heavy atom. The summed E-state index contributed by atoms with van der Waals surface area (Å²) in [7, 11) is 1.88. The van der Waals surface area contributed by atoms with Crippen molar-refractivity contribution in [1.29, 1.82) is 0 Å². The third kappa shape index (κ3) is 3.50. The molecule has 0 bridgehead atoms. The molecule has 0 spiro atoms. The van der Waals surface area contributed by atoms with Gasteiger partial charge in [-0.05, 0) is 18.6 Å². The van der Waals surface area contributed by atoms with E-state index in [1.165, 1.54) is 0 Å². The van der Waals surface area contributed by atoms with Gasteiger partial charge in [0, 0.05) is 16.9 Å². The highest BCUT2D eigenvalue weighted by molar-refractivity contribution is 7.84. The molecule has 6 heteroatoms. The average Bonchev–Trinajstić information content (AvgIpc) is 2.95. The Bertz CT molecular complexity index is 679. The Balaban J connectivity index is 2.25. The summed E-state index contributed by atoms with van der Waals surface area (Å²) in [4.78, 5) is 4.89. The molecule has 0 aliphatic carbocycles. The van der Waals surface area contributed by atoms with Crippen molar-refractivity contribution >= 4 is 10.8 Å². The summed E-state index contributed by atoms with van der Waals surface area (Å²) in [5.41, 5.74) is 0.881. The van der Waals surface area contributed by atoms with E-state index in [1.807, 2.05) is 26.8 Å². The largest absolute Gasteiger partial charge is 0.493 e. The van der Waals surface area contributed by atoms with Crippen LogP contribution >= 0.6 is 0 Å². The number of hydrogen-bond acceptors (Lipinski definition) is 5. The van der Waals surface area contributed by atoms with E-state index in [0.717, 1.165) is 11.3 Å². The van der Waals surface area contributed by atoms with Crippen LogP contribution in [0.15, 0.2) is 27.6 Å². The van der Waals surface area contributed by atoms with Gasteiger partial charge in [0.25, 0.3) is 0 Å². The van der Waals surface area contributed by atoms with Crippen LogP contribution in [-0.4, -0.2) is 23.4 Å². The molecular formula is C16H21NO4S. The van der Waals surface area contributed by atoms with E-state index in [-0.39, 0.29) is 11.7 Å². The summed E-state index contributed by atoms with van der Waals surface area (Å²) in [5, 5.41) is 0. The number of nitrogens with zero attached hydrogens (tertiary/aromatic N) is 1. The normalized spacial score (nSPS) is 12.5. The van der Waals surface area contributed by atoms with Crippen LogP contribution in [0.25, 0.3) is 0 Å². The fourth-order valence-corrected chi connectivity index (χ4v) is 3.22. The highest BCUT2D eigenvalue weighted by Gasteiger charge is 2.16. The maximum Gasteiger partial charge on any atom is 0.207 e. The van der Waals surface area contributed by atoms with Crippen LogP contribution in [0.5, 0.6) is 11.5 Å². The minimum absolute atomic E-state index is 0.239.